The molecule has 18 heavy (non-hydrogen) atoms. The summed E-state index contributed by atoms with van der Waals surface area (Å²) in [7, 11) is 0. The molecule has 0 amide bonds. The molecule has 1 aliphatic rings. The Labute approximate surface area is 109 Å². The van der Waals surface area contributed by atoms with E-state index in [0.29, 0.717) is 17.9 Å². The molecular weight excluding hydrogens is 224 g/mol. The van der Waals surface area contributed by atoms with E-state index in [2.05, 4.69) is 17.9 Å². The van der Waals surface area contributed by atoms with E-state index >= 15 is 0 Å². The lowest BCUT2D eigenvalue weighted by Crippen LogP contribution is -2.35. The summed E-state index contributed by atoms with van der Waals surface area (Å²) in [6, 6.07) is 9.56. The van der Waals surface area contributed by atoms with Crippen molar-refractivity contribution in [1.82, 2.24) is 4.90 Å². The van der Waals surface area contributed by atoms with Crippen molar-refractivity contribution >= 4 is 0 Å². The van der Waals surface area contributed by atoms with Crippen LogP contribution in [-0.4, -0.2) is 31.1 Å². The first-order valence-electron chi connectivity index (χ1n) is 6.64. The largest absolute Gasteiger partial charge is 0.491 e. The molecule has 0 aliphatic carbocycles. The van der Waals surface area contributed by atoms with E-state index in [4.69, 9.17) is 10.00 Å². The molecule has 96 valence electrons. The number of benzene rings is 1. The standard InChI is InChI=1S/C15H20N2O/c1-13-6-8-17(9-7-13)10-11-18-15-5-3-2-4-14(15)12-16/h2-5,13H,6-11H2,1H3. The van der Waals surface area contributed by atoms with Gasteiger partial charge < -0.3 is 4.74 Å². The van der Waals surface area contributed by atoms with Gasteiger partial charge in [-0.15, -0.1) is 0 Å². The van der Waals surface area contributed by atoms with E-state index in [9.17, 15) is 0 Å². The highest BCUT2D eigenvalue weighted by Gasteiger charge is 2.15. The molecule has 1 aromatic rings. The molecule has 0 N–H and O–H groups in total. The summed E-state index contributed by atoms with van der Waals surface area (Å²) in [5.74, 6) is 1.56. The average molecular weight is 244 g/mol. The zero-order valence-corrected chi connectivity index (χ0v) is 10.9. The van der Waals surface area contributed by atoms with Gasteiger partial charge in [-0.2, -0.15) is 5.26 Å². The lowest BCUT2D eigenvalue weighted by Gasteiger charge is -2.29. The third-order valence-corrected chi connectivity index (χ3v) is 3.55. The van der Waals surface area contributed by atoms with Crippen molar-refractivity contribution in [1.29, 1.82) is 5.26 Å². The highest BCUT2D eigenvalue weighted by molar-refractivity contribution is 5.42. The van der Waals surface area contributed by atoms with Crippen molar-refractivity contribution in [3.8, 4) is 11.8 Å². The van der Waals surface area contributed by atoms with Gasteiger partial charge >= 0.3 is 0 Å². The first kappa shape index (κ1) is 12.9. The van der Waals surface area contributed by atoms with E-state index in [-0.39, 0.29) is 0 Å². The van der Waals surface area contributed by atoms with Gasteiger partial charge in [-0.25, -0.2) is 0 Å². The minimum Gasteiger partial charge on any atom is -0.491 e. The summed E-state index contributed by atoms with van der Waals surface area (Å²) < 4.78 is 5.69. The van der Waals surface area contributed by atoms with Gasteiger partial charge in [0.05, 0.1) is 5.56 Å². The number of rotatable bonds is 4. The third kappa shape index (κ3) is 3.48. The molecule has 0 spiro atoms. The number of likely N-dealkylation sites (tertiary alicyclic amines) is 1. The van der Waals surface area contributed by atoms with Gasteiger partial charge in [-0.05, 0) is 44.0 Å². The number of hydrogen-bond acceptors (Lipinski definition) is 3. The number of nitriles is 1. The Hall–Kier alpha value is -1.53. The van der Waals surface area contributed by atoms with E-state index in [1.807, 2.05) is 18.2 Å². The maximum atomic E-state index is 8.96. The fraction of sp³-hybridized carbons (Fsp3) is 0.533. The van der Waals surface area contributed by atoms with Crippen molar-refractivity contribution in [3.63, 3.8) is 0 Å². The Morgan fingerprint density at radius 1 is 1.33 bits per heavy atom. The normalized spacial score (nSPS) is 17.3. The average Bonchev–Trinajstić information content (AvgIpc) is 2.41. The van der Waals surface area contributed by atoms with Crippen LogP contribution in [0.1, 0.15) is 25.3 Å². The lowest BCUT2D eigenvalue weighted by atomic mass is 9.99. The van der Waals surface area contributed by atoms with Crippen molar-refractivity contribution in [2.24, 2.45) is 5.92 Å². The van der Waals surface area contributed by atoms with Crippen LogP contribution in [0, 0.1) is 17.2 Å². The molecule has 3 nitrogen and oxygen atoms in total. The minimum absolute atomic E-state index is 0.616. The number of para-hydroxylation sites is 1. The van der Waals surface area contributed by atoms with Crippen LogP contribution in [0.25, 0.3) is 0 Å². The van der Waals surface area contributed by atoms with Crippen LogP contribution in [0.4, 0.5) is 0 Å². The number of piperidine rings is 1. The van der Waals surface area contributed by atoms with Gasteiger partial charge in [-0.3, -0.25) is 4.90 Å². The second-order valence-electron chi connectivity index (χ2n) is 4.98. The highest BCUT2D eigenvalue weighted by Crippen LogP contribution is 2.18. The van der Waals surface area contributed by atoms with Gasteiger partial charge in [-0.1, -0.05) is 19.1 Å². The Morgan fingerprint density at radius 2 is 2.06 bits per heavy atom. The lowest BCUT2D eigenvalue weighted by molar-refractivity contribution is 0.160. The number of hydrogen-bond donors (Lipinski definition) is 0. The number of nitrogens with zero attached hydrogens (tertiary/aromatic N) is 2. The molecule has 0 aromatic heterocycles. The van der Waals surface area contributed by atoms with Crippen LogP contribution >= 0.6 is 0 Å². The van der Waals surface area contributed by atoms with Gasteiger partial charge in [0.2, 0.25) is 0 Å². The molecular formula is C15H20N2O. The topological polar surface area (TPSA) is 36.3 Å². The van der Waals surface area contributed by atoms with Crippen LogP contribution < -0.4 is 4.74 Å². The molecule has 0 unspecified atom stereocenters. The van der Waals surface area contributed by atoms with Crippen LogP contribution in [0.15, 0.2) is 24.3 Å². The van der Waals surface area contributed by atoms with Crippen molar-refractivity contribution in [2.75, 3.05) is 26.2 Å². The highest BCUT2D eigenvalue weighted by atomic mass is 16.5. The Kier molecular flexibility index (Phi) is 4.60. The minimum atomic E-state index is 0.616. The van der Waals surface area contributed by atoms with E-state index < -0.39 is 0 Å². The zero-order valence-electron chi connectivity index (χ0n) is 10.9. The first-order valence-corrected chi connectivity index (χ1v) is 6.64. The molecule has 1 aliphatic heterocycles. The number of ether oxygens (including phenoxy) is 1. The van der Waals surface area contributed by atoms with Crippen molar-refractivity contribution in [3.05, 3.63) is 29.8 Å². The maximum absolute atomic E-state index is 8.96. The summed E-state index contributed by atoms with van der Waals surface area (Å²) in [4.78, 5) is 2.44. The second kappa shape index (κ2) is 6.42. The molecule has 0 bridgehead atoms. The molecule has 1 saturated heterocycles. The van der Waals surface area contributed by atoms with E-state index in [1.165, 1.54) is 25.9 Å². The van der Waals surface area contributed by atoms with Crippen LogP contribution in [0.5, 0.6) is 5.75 Å². The Balaban J connectivity index is 1.77. The molecule has 1 aromatic carbocycles. The molecule has 0 saturated carbocycles. The predicted molar refractivity (Wildman–Crippen MR) is 71.5 cm³/mol. The van der Waals surface area contributed by atoms with Gasteiger partial charge in [0.1, 0.15) is 18.4 Å². The van der Waals surface area contributed by atoms with Crippen molar-refractivity contribution < 1.29 is 4.74 Å². The zero-order chi connectivity index (χ0) is 12.8. The van der Waals surface area contributed by atoms with Crippen LogP contribution in [-0.2, 0) is 0 Å². The third-order valence-electron chi connectivity index (χ3n) is 3.55. The summed E-state index contributed by atoms with van der Waals surface area (Å²) in [6.07, 6.45) is 2.57. The fourth-order valence-electron chi connectivity index (χ4n) is 2.26. The van der Waals surface area contributed by atoms with Crippen molar-refractivity contribution in [2.45, 2.75) is 19.8 Å². The smallest absolute Gasteiger partial charge is 0.137 e. The predicted octanol–water partition coefficient (Wildman–Crippen LogP) is 2.67. The monoisotopic (exact) mass is 244 g/mol. The summed E-state index contributed by atoms with van der Waals surface area (Å²) >= 11 is 0. The van der Waals surface area contributed by atoms with Gasteiger partial charge in [0.15, 0.2) is 0 Å². The Bertz CT molecular complexity index is 417. The second-order valence-corrected chi connectivity index (χ2v) is 4.98. The summed E-state index contributed by atoms with van der Waals surface area (Å²) in [6.45, 7) is 6.27. The quantitative estimate of drug-likeness (QED) is 0.817. The van der Waals surface area contributed by atoms with Gasteiger partial charge in [0.25, 0.3) is 0 Å². The van der Waals surface area contributed by atoms with Crippen LogP contribution in [0.2, 0.25) is 0 Å². The molecule has 0 atom stereocenters. The fourth-order valence-corrected chi connectivity index (χ4v) is 2.26. The molecule has 0 radical (unpaired) electrons. The maximum Gasteiger partial charge on any atom is 0.137 e. The van der Waals surface area contributed by atoms with E-state index in [1.54, 1.807) is 6.07 Å². The SMILES string of the molecule is CC1CCN(CCOc2ccccc2C#N)CC1. The Morgan fingerprint density at radius 3 is 2.78 bits per heavy atom. The first-order chi connectivity index (χ1) is 8.79. The summed E-state index contributed by atoms with van der Waals surface area (Å²) in [5, 5.41) is 8.96. The molecule has 2 rings (SSSR count). The molecule has 3 heteroatoms. The molecule has 1 heterocycles. The van der Waals surface area contributed by atoms with Gasteiger partial charge in [0, 0.05) is 6.54 Å². The molecule has 1 fully saturated rings. The van der Waals surface area contributed by atoms with Crippen LogP contribution in [0.3, 0.4) is 0 Å². The van der Waals surface area contributed by atoms with E-state index in [0.717, 1.165) is 12.5 Å². The summed E-state index contributed by atoms with van der Waals surface area (Å²) in [5.41, 5.74) is 0.616.